The SMILES string of the molecule is CCNC(=NCC(C(C)C)N1CCOCC1)NCCCOCC1CCCO1.I. The van der Waals surface area contributed by atoms with Crippen LogP contribution in [0, 0.1) is 5.92 Å². The number of guanidine groups is 1. The molecule has 2 saturated heterocycles. The molecule has 28 heavy (non-hydrogen) atoms. The van der Waals surface area contributed by atoms with Crippen molar-refractivity contribution in [2.24, 2.45) is 10.9 Å². The molecule has 2 aliphatic rings. The lowest BCUT2D eigenvalue weighted by atomic mass is 10.0. The van der Waals surface area contributed by atoms with E-state index in [1.807, 2.05) is 0 Å². The second-order valence-electron chi connectivity index (χ2n) is 7.67. The maximum atomic E-state index is 5.72. The van der Waals surface area contributed by atoms with E-state index < -0.39 is 0 Å². The lowest BCUT2D eigenvalue weighted by Crippen LogP contribution is -2.48. The summed E-state index contributed by atoms with van der Waals surface area (Å²) in [5, 5.41) is 6.78. The summed E-state index contributed by atoms with van der Waals surface area (Å²) in [7, 11) is 0. The van der Waals surface area contributed by atoms with Gasteiger partial charge in [0, 0.05) is 45.4 Å². The molecule has 2 rings (SSSR count). The smallest absolute Gasteiger partial charge is 0.191 e. The van der Waals surface area contributed by atoms with Crippen LogP contribution in [0.4, 0.5) is 0 Å². The van der Waals surface area contributed by atoms with Gasteiger partial charge < -0.3 is 24.8 Å². The molecule has 2 atom stereocenters. The third-order valence-corrected chi connectivity index (χ3v) is 5.15. The fourth-order valence-corrected chi connectivity index (χ4v) is 3.56. The lowest BCUT2D eigenvalue weighted by Gasteiger charge is -2.36. The summed E-state index contributed by atoms with van der Waals surface area (Å²) in [6.07, 6.45) is 3.58. The van der Waals surface area contributed by atoms with Gasteiger partial charge in [-0.3, -0.25) is 9.89 Å². The molecular weight excluding hydrogens is 471 g/mol. The average Bonchev–Trinajstić information content (AvgIpc) is 3.18. The predicted octanol–water partition coefficient (Wildman–Crippen LogP) is 2.10. The standard InChI is InChI=1S/C20H40N4O3.HI/c1-4-21-20(22-8-6-11-26-16-18-7-5-12-27-18)23-15-19(17(2)3)24-9-13-25-14-10-24;/h17-19H,4-16H2,1-3H3,(H2,21,22,23);1H. The topological polar surface area (TPSA) is 67.4 Å². The van der Waals surface area contributed by atoms with Crippen molar-refractivity contribution in [3.63, 3.8) is 0 Å². The summed E-state index contributed by atoms with van der Waals surface area (Å²) in [6, 6.07) is 0.458. The molecule has 0 bridgehead atoms. The number of hydrogen-bond donors (Lipinski definition) is 2. The van der Waals surface area contributed by atoms with Crippen LogP contribution in [0.3, 0.4) is 0 Å². The lowest BCUT2D eigenvalue weighted by molar-refractivity contribution is 0.00866. The number of hydrogen-bond acceptors (Lipinski definition) is 5. The number of ether oxygens (including phenoxy) is 3. The zero-order valence-corrected chi connectivity index (χ0v) is 20.3. The van der Waals surface area contributed by atoms with Crippen LogP contribution in [0.2, 0.25) is 0 Å². The summed E-state index contributed by atoms with van der Waals surface area (Å²) in [4.78, 5) is 7.36. The molecule has 0 amide bonds. The van der Waals surface area contributed by atoms with Crippen molar-refractivity contribution in [1.29, 1.82) is 0 Å². The van der Waals surface area contributed by atoms with Gasteiger partial charge in [0.2, 0.25) is 0 Å². The molecule has 0 aromatic heterocycles. The van der Waals surface area contributed by atoms with E-state index in [0.717, 1.165) is 84.6 Å². The van der Waals surface area contributed by atoms with E-state index in [9.17, 15) is 0 Å². The highest BCUT2D eigenvalue weighted by molar-refractivity contribution is 14.0. The van der Waals surface area contributed by atoms with Gasteiger partial charge in [-0.05, 0) is 32.1 Å². The van der Waals surface area contributed by atoms with Crippen LogP contribution >= 0.6 is 24.0 Å². The van der Waals surface area contributed by atoms with Crippen LogP contribution in [0.25, 0.3) is 0 Å². The summed E-state index contributed by atoms with van der Waals surface area (Å²) < 4.78 is 16.8. The Kier molecular flexibility index (Phi) is 14.5. The summed E-state index contributed by atoms with van der Waals surface area (Å²) >= 11 is 0. The molecule has 2 heterocycles. The van der Waals surface area contributed by atoms with Gasteiger partial charge in [-0.1, -0.05) is 13.8 Å². The Bertz CT molecular complexity index is 414. The van der Waals surface area contributed by atoms with Crippen LogP contribution in [-0.2, 0) is 14.2 Å². The van der Waals surface area contributed by atoms with Crippen molar-refractivity contribution < 1.29 is 14.2 Å². The minimum Gasteiger partial charge on any atom is -0.379 e. The van der Waals surface area contributed by atoms with Gasteiger partial charge in [-0.15, -0.1) is 24.0 Å². The van der Waals surface area contributed by atoms with Gasteiger partial charge >= 0.3 is 0 Å². The molecule has 0 aromatic carbocycles. The van der Waals surface area contributed by atoms with Crippen LogP contribution in [0.1, 0.15) is 40.0 Å². The maximum absolute atomic E-state index is 5.72. The van der Waals surface area contributed by atoms with Crippen molar-refractivity contribution in [3.05, 3.63) is 0 Å². The van der Waals surface area contributed by atoms with Crippen LogP contribution in [0.5, 0.6) is 0 Å². The van der Waals surface area contributed by atoms with Crippen LogP contribution < -0.4 is 10.6 Å². The number of nitrogens with zero attached hydrogens (tertiary/aromatic N) is 2. The number of aliphatic imine (C=N–C) groups is 1. The van der Waals surface area contributed by atoms with E-state index in [0.29, 0.717) is 18.1 Å². The molecule has 8 heteroatoms. The molecule has 2 fully saturated rings. The van der Waals surface area contributed by atoms with Gasteiger partial charge in [-0.25, -0.2) is 0 Å². The van der Waals surface area contributed by atoms with Crippen molar-refractivity contribution in [2.45, 2.75) is 52.2 Å². The van der Waals surface area contributed by atoms with Gasteiger partial charge in [0.15, 0.2) is 5.96 Å². The molecule has 2 N–H and O–H groups in total. The van der Waals surface area contributed by atoms with Gasteiger partial charge in [0.05, 0.1) is 32.5 Å². The zero-order chi connectivity index (χ0) is 19.3. The highest BCUT2D eigenvalue weighted by Gasteiger charge is 2.23. The number of morpholine rings is 1. The Labute approximate surface area is 188 Å². The second kappa shape index (κ2) is 15.6. The molecule has 166 valence electrons. The van der Waals surface area contributed by atoms with E-state index >= 15 is 0 Å². The van der Waals surface area contributed by atoms with Crippen molar-refractivity contribution in [3.8, 4) is 0 Å². The Morgan fingerprint density at radius 2 is 2.00 bits per heavy atom. The average molecular weight is 512 g/mol. The number of rotatable bonds is 11. The maximum Gasteiger partial charge on any atom is 0.191 e. The highest BCUT2D eigenvalue weighted by Crippen LogP contribution is 2.13. The van der Waals surface area contributed by atoms with E-state index in [2.05, 4.69) is 36.3 Å². The first-order valence-electron chi connectivity index (χ1n) is 10.7. The Hall–Kier alpha value is -0.160. The van der Waals surface area contributed by atoms with Crippen molar-refractivity contribution >= 4 is 29.9 Å². The predicted molar refractivity (Wildman–Crippen MR) is 125 cm³/mol. The number of halogens is 1. The molecule has 7 nitrogen and oxygen atoms in total. The molecule has 2 unspecified atom stereocenters. The van der Waals surface area contributed by atoms with E-state index in [-0.39, 0.29) is 24.0 Å². The van der Waals surface area contributed by atoms with E-state index in [1.54, 1.807) is 0 Å². The zero-order valence-electron chi connectivity index (χ0n) is 18.0. The third kappa shape index (κ3) is 10.0. The molecule has 0 aliphatic carbocycles. The fraction of sp³-hybridized carbons (Fsp3) is 0.950. The normalized spacial score (nSPS) is 22.1. The summed E-state index contributed by atoms with van der Waals surface area (Å²) in [5.41, 5.74) is 0. The molecule has 0 saturated carbocycles. The minimum atomic E-state index is 0. The van der Waals surface area contributed by atoms with Gasteiger partial charge in [-0.2, -0.15) is 0 Å². The third-order valence-electron chi connectivity index (χ3n) is 5.15. The Morgan fingerprint density at radius 1 is 1.21 bits per heavy atom. The molecule has 2 aliphatic heterocycles. The second-order valence-corrected chi connectivity index (χ2v) is 7.67. The Morgan fingerprint density at radius 3 is 2.64 bits per heavy atom. The monoisotopic (exact) mass is 512 g/mol. The Balaban J connectivity index is 0.00000392. The molecule has 0 aromatic rings. The largest absolute Gasteiger partial charge is 0.379 e. The van der Waals surface area contributed by atoms with Crippen molar-refractivity contribution in [1.82, 2.24) is 15.5 Å². The van der Waals surface area contributed by atoms with Gasteiger partial charge in [0.25, 0.3) is 0 Å². The first-order valence-corrected chi connectivity index (χ1v) is 10.7. The van der Waals surface area contributed by atoms with Crippen LogP contribution in [0.15, 0.2) is 4.99 Å². The van der Waals surface area contributed by atoms with Gasteiger partial charge in [0.1, 0.15) is 0 Å². The minimum absolute atomic E-state index is 0. The summed E-state index contributed by atoms with van der Waals surface area (Å²) in [5.74, 6) is 1.47. The fourth-order valence-electron chi connectivity index (χ4n) is 3.56. The molecule has 0 spiro atoms. The number of nitrogens with one attached hydrogen (secondary N) is 2. The molecule has 0 radical (unpaired) electrons. The quantitative estimate of drug-likeness (QED) is 0.191. The highest BCUT2D eigenvalue weighted by atomic mass is 127. The summed E-state index contributed by atoms with van der Waals surface area (Å²) in [6.45, 7) is 15.2. The van der Waals surface area contributed by atoms with E-state index in [1.165, 1.54) is 6.42 Å². The van der Waals surface area contributed by atoms with Crippen molar-refractivity contribution in [2.75, 3.05) is 65.8 Å². The first-order chi connectivity index (χ1) is 13.2. The first kappa shape index (κ1) is 25.9. The van der Waals surface area contributed by atoms with Crippen LogP contribution in [-0.4, -0.2) is 88.8 Å². The molecular formula is C20H41IN4O3. The van der Waals surface area contributed by atoms with E-state index in [4.69, 9.17) is 19.2 Å².